The molecule has 9 heteroatoms. The zero-order valence-corrected chi connectivity index (χ0v) is 16.3. The van der Waals surface area contributed by atoms with Gasteiger partial charge in [0.15, 0.2) is 11.5 Å². The number of rotatable bonds is 2. The topological polar surface area (TPSA) is 106 Å². The van der Waals surface area contributed by atoms with Crippen molar-refractivity contribution in [2.24, 2.45) is 5.73 Å². The van der Waals surface area contributed by atoms with Crippen LogP contribution in [0.25, 0.3) is 11.3 Å². The molecule has 3 N–H and O–H groups in total. The van der Waals surface area contributed by atoms with Crippen LogP contribution >= 0.6 is 15.9 Å². The smallest absolute Gasteiger partial charge is 0.244 e. The predicted octanol–water partition coefficient (Wildman–Crippen LogP) is 3.93. The fourth-order valence-corrected chi connectivity index (χ4v) is 3.94. The van der Waals surface area contributed by atoms with Crippen LogP contribution in [-0.2, 0) is 0 Å². The highest BCUT2D eigenvalue weighted by Crippen LogP contribution is 2.47. The SMILES string of the molecule is N#CC1=C(N)Oc2n[nH]c(-c3ccc4c(c3)OCO4)c2C1c1ccc(F)c(Br)c1. The van der Waals surface area contributed by atoms with Gasteiger partial charge in [0, 0.05) is 5.56 Å². The number of ether oxygens (including phenoxy) is 3. The van der Waals surface area contributed by atoms with Crippen molar-refractivity contribution >= 4 is 15.9 Å². The first-order valence-corrected chi connectivity index (χ1v) is 9.37. The molecule has 1 aromatic heterocycles. The third-order valence-electron chi connectivity index (χ3n) is 4.88. The maximum Gasteiger partial charge on any atom is 0.244 e. The Bertz CT molecular complexity index is 1230. The van der Waals surface area contributed by atoms with Crippen molar-refractivity contribution in [1.29, 1.82) is 5.26 Å². The van der Waals surface area contributed by atoms with Gasteiger partial charge in [0.05, 0.1) is 21.6 Å². The van der Waals surface area contributed by atoms with Crippen LogP contribution < -0.4 is 19.9 Å². The van der Waals surface area contributed by atoms with E-state index in [0.29, 0.717) is 28.3 Å². The van der Waals surface area contributed by atoms with E-state index in [4.69, 9.17) is 19.9 Å². The first kappa shape index (κ1) is 17.6. The maximum atomic E-state index is 13.8. The number of halogens is 2. The number of nitrogens with one attached hydrogen (secondary N) is 1. The molecule has 0 saturated heterocycles. The van der Waals surface area contributed by atoms with Crippen LogP contribution in [0.15, 0.2) is 52.3 Å². The first-order chi connectivity index (χ1) is 14.1. The van der Waals surface area contributed by atoms with Gasteiger partial charge < -0.3 is 19.9 Å². The minimum Gasteiger partial charge on any atom is -0.454 e. The van der Waals surface area contributed by atoms with Gasteiger partial charge in [-0.1, -0.05) is 6.07 Å². The standard InChI is InChI=1S/C20H12BrFN4O3/c21-12-5-9(1-3-13(12)22)16-11(7-23)19(24)29-20-17(16)18(25-26-20)10-2-4-14-15(6-10)28-8-27-14/h1-6,16H,8,24H2,(H,25,26). The van der Waals surface area contributed by atoms with Gasteiger partial charge in [-0.05, 0) is 51.8 Å². The number of allylic oxidation sites excluding steroid dienone is 1. The highest BCUT2D eigenvalue weighted by molar-refractivity contribution is 9.10. The number of nitriles is 1. The lowest BCUT2D eigenvalue weighted by Gasteiger charge is -2.24. The molecular weight excluding hydrogens is 443 g/mol. The molecule has 144 valence electrons. The van der Waals surface area contributed by atoms with Crippen molar-refractivity contribution in [3.05, 3.63) is 69.3 Å². The molecule has 3 aromatic rings. The molecule has 0 bridgehead atoms. The highest BCUT2D eigenvalue weighted by atomic mass is 79.9. The third kappa shape index (κ3) is 2.72. The molecule has 0 radical (unpaired) electrons. The Labute approximate surface area is 172 Å². The normalized spacial score (nSPS) is 16.9. The summed E-state index contributed by atoms with van der Waals surface area (Å²) in [5.41, 5.74) is 8.92. The van der Waals surface area contributed by atoms with E-state index in [1.165, 1.54) is 6.07 Å². The van der Waals surface area contributed by atoms with Crippen LogP contribution in [0.4, 0.5) is 4.39 Å². The van der Waals surface area contributed by atoms with Crippen molar-refractivity contribution in [2.45, 2.75) is 5.92 Å². The summed E-state index contributed by atoms with van der Waals surface area (Å²) < 4.78 is 30.5. The molecule has 0 spiro atoms. The number of fused-ring (bicyclic) bond motifs is 2. The Kier molecular flexibility index (Phi) is 3.96. The van der Waals surface area contributed by atoms with E-state index in [-0.39, 0.29) is 28.6 Å². The number of nitrogens with two attached hydrogens (primary N) is 1. The average molecular weight is 455 g/mol. The summed E-state index contributed by atoms with van der Waals surface area (Å²) in [6.45, 7) is 0.160. The van der Waals surface area contributed by atoms with Gasteiger partial charge in [0.25, 0.3) is 0 Å². The number of H-pyrrole nitrogens is 1. The van der Waals surface area contributed by atoms with Crippen LogP contribution in [0.2, 0.25) is 0 Å². The minimum absolute atomic E-state index is 0.0332. The summed E-state index contributed by atoms with van der Waals surface area (Å²) in [7, 11) is 0. The minimum atomic E-state index is -0.583. The number of hydrogen-bond acceptors (Lipinski definition) is 6. The molecule has 1 atom stereocenters. The van der Waals surface area contributed by atoms with Crippen molar-refractivity contribution in [2.75, 3.05) is 6.79 Å². The second-order valence-electron chi connectivity index (χ2n) is 6.48. The summed E-state index contributed by atoms with van der Waals surface area (Å²) in [6, 6.07) is 12.2. The molecule has 0 amide bonds. The molecule has 0 fully saturated rings. The zero-order chi connectivity index (χ0) is 20.1. The van der Waals surface area contributed by atoms with Gasteiger partial charge in [-0.15, -0.1) is 5.10 Å². The number of nitrogens with zero attached hydrogens (tertiary/aromatic N) is 2. The maximum absolute atomic E-state index is 13.8. The predicted molar refractivity (Wildman–Crippen MR) is 104 cm³/mol. The summed E-state index contributed by atoms with van der Waals surface area (Å²) in [4.78, 5) is 0. The molecule has 2 aromatic carbocycles. The number of benzene rings is 2. The van der Waals surface area contributed by atoms with E-state index in [1.54, 1.807) is 18.2 Å². The summed E-state index contributed by atoms with van der Waals surface area (Å²) in [5.74, 6) is 0.506. The van der Waals surface area contributed by atoms with E-state index in [0.717, 1.165) is 5.56 Å². The summed E-state index contributed by atoms with van der Waals surface area (Å²) >= 11 is 3.21. The van der Waals surface area contributed by atoms with Gasteiger partial charge >= 0.3 is 0 Å². The van der Waals surface area contributed by atoms with Crippen molar-refractivity contribution in [1.82, 2.24) is 10.2 Å². The van der Waals surface area contributed by atoms with Gasteiger partial charge in [-0.25, -0.2) is 4.39 Å². The molecule has 0 saturated carbocycles. The Hall–Kier alpha value is -3.51. The van der Waals surface area contributed by atoms with Gasteiger partial charge in [-0.2, -0.15) is 5.26 Å². The monoisotopic (exact) mass is 454 g/mol. The van der Waals surface area contributed by atoms with E-state index in [1.807, 2.05) is 12.1 Å². The Morgan fingerprint density at radius 3 is 2.83 bits per heavy atom. The molecule has 29 heavy (non-hydrogen) atoms. The van der Waals surface area contributed by atoms with Crippen molar-refractivity contribution < 1.29 is 18.6 Å². The van der Waals surface area contributed by atoms with Gasteiger partial charge in [-0.3, -0.25) is 5.10 Å². The number of hydrogen-bond donors (Lipinski definition) is 2. The molecule has 0 aliphatic carbocycles. The second kappa shape index (κ2) is 6.53. The lowest BCUT2D eigenvalue weighted by Crippen LogP contribution is -2.21. The molecule has 5 rings (SSSR count). The molecule has 1 unspecified atom stereocenters. The van der Waals surface area contributed by atoms with Gasteiger partial charge in [0.2, 0.25) is 18.6 Å². The van der Waals surface area contributed by atoms with Crippen LogP contribution in [0.3, 0.4) is 0 Å². The number of aromatic nitrogens is 2. The Morgan fingerprint density at radius 2 is 2.03 bits per heavy atom. The quantitative estimate of drug-likeness (QED) is 0.607. The van der Waals surface area contributed by atoms with E-state index in [9.17, 15) is 9.65 Å². The van der Waals surface area contributed by atoms with E-state index in [2.05, 4.69) is 32.2 Å². The molecule has 3 heterocycles. The Morgan fingerprint density at radius 1 is 1.21 bits per heavy atom. The molecule has 7 nitrogen and oxygen atoms in total. The largest absolute Gasteiger partial charge is 0.454 e. The van der Waals surface area contributed by atoms with Gasteiger partial charge in [0.1, 0.15) is 17.5 Å². The highest BCUT2D eigenvalue weighted by Gasteiger charge is 2.36. The summed E-state index contributed by atoms with van der Waals surface area (Å²) in [5, 5.41) is 16.9. The first-order valence-electron chi connectivity index (χ1n) is 8.57. The Balaban J connectivity index is 1.71. The molecule has 2 aliphatic heterocycles. The van der Waals surface area contributed by atoms with Crippen molar-refractivity contribution in [3.63, 3.8) is 0 Å². The summed E-state index contributed by atoms with van der Waals surface area (Å²) in [6.07, 6.45) is 0. The zero-order valence-electron chi connectivity index (χ0n) is 14.7. The second-order valence-corrected chi connectivity index (χ2v) is 7.34. The van der Waals surface area contributed by atoms with Crippen LogP contribution in [-0.4, -0.2) is 17.0 Å². The van der Waals surface area contributed by atoms with Crippen LogP contribution in [0.5, 0.6) is 17.4 Å². The third-order valence-corrected chi connectivity index (χ3v) is 5.48. The fraction of sp³-hybridized carbons (Fsp3) is 0.100. The van der Waals surface area contributed by atoms with E-state index < -0.39 is 11.7 Å². The van der Waals surface area contributed by atoms with E-state index >= 15 is 0 Å². The van der Waals surface area contributed by atoms with Crippen LogP contribution in [0, 0.1) is 17.1 Å². The lowest BCUT2D eigenvalue weighted by molar-refractivity contribution is 0.174. The lowest BCUT2D eigenvalue weighted by atomic mass is 9.83. The molecule has 2 aliphatic rings. The van der Waals surface area contributed by atoms with Crippen molar-refractivity contribution in [3.8, 4) is 34.7 Å². The molecular formula is C20H12BrFN4O3. The number of aromatic amines is 1. The fourth-order valence-electron chi connectivity index (χ4n) is 3.54. The average Bonchev–Trinajstić information content (AvgIpc) is 3.35. The van der Waals surface area contributed by atoms with Crippen LogP contribution in [0.1, 0.15) is 17.0 Å².